The van der Waals surface area contributed by atoms with Gasteiger partial charge in [-0.25, -0.2) is 18.6 Å². The second-order valence-electron chi connectivity index (χ2n) is 6.74. The minimum atomic E-state index is -1.14. The molecule has 2 heterocycles. The smallest absolute Gasteiger partial charge is 0.356 e. The van der Waals surface area contributed by atoms with E-state index in [1.807, 2.05) is 4.90 Å². The Morgan fingerprint density at radius 3 is 2.86 bits per heavy atom. The Morgan fingerprint density at radius 2 is 2.11 bits per heavy atom. The van der Waals surface area contributed by atoms with E-state index in [1.165, 1.54) is 18.5 Å². The first-order valence-electron chi connectivity index (χ1n) is 8.93. The lowest BCUT2D eigenvalue weighted by atomic mass is 9.98. The molecule has 9 heteroatoms. The van der Waals surface area contributed by atoms with Crippen molar-refractivity contribution in [3.05, 3.63) is 53.5 Å². The summed E-state index contributed by atoms with van der Waals surface area (Å²) in [5.74, 6) is -2.26. The summed E-state index contributed by atoms with van der Waals surface area (Å²) in [6, 6.07) is 3.14. The van der Waals surface area contributed by atoms with Gasteiger partial charge in [0.2, 0.25) is 5.91 Å². The molecule has 0 bridgehead atoms. The van der Waals surface area contributed by atoms with Crippen LogP contribution in [-0.4, -0.2) is 46.6 Å². The lowest BCUT2D eigenvalue weighted by Gasteiger charge is -2.33. The molecule has 2 aromatic rings. The third-order valence-electron chi connectivity index (χ3n) is 4.64. The molecule has 1 saturated heterocycles. The number of benzene rings is 1. The molecule has 0 aliphatic carbocycles. The van der Waals surface area contributed by atoms with Gasteiger partial charge in [-0.15, -0.1) is 0 Å². The van der Waals surface area contributed by atoms with Crippen LogP contribution in [0.4, 0.5) is 14.6 Å². The molecule has 7 nitrogen and oxygen atoms in total. The maximum Gasteiger partial charge on any atom is 0.356 e. The van der Waals surface area contributed by atoms with Crippen molar-refractivity contribution in [3.8, 4) is 0 Å². The van der Waals surface area contributed by atoms with Gasteiger partial charge >= 0.3 is 5.97 Å². The first-order valence-corrected chi connectivity index (χ1v) is 8.93. The number of aromatic carboxylic acids is 1. The predicted molar refractivity (Wildman–Crippen MR) is 97.0 cm³/mol. The number of carboxylic acids is 1. The Kier molecular flexibility index (Phi) is 6.13. The number of aromatic nitrogens is 2. The van der Waals surface area contributed by atoms with E-state index in [0.717, 1.165) is 31.5 Å². The van der Waals surface area contributed by atoms with E-state index in [9.17, 15) is 18.4 Å². The molecule has 1 aliphatic heterocycles. The number of nitrogens with zero attached hydrogens (tertiary/aromatic N) is 3. The zero-order chi connectivity index (χ0) is 20.1. The minimum Gasteiger partial charge on any atom is -0.476 e. The van der Waals surface area contributed by atoms with Crippen molar-refractivity contribution in [1.82, 2.24) is 15.3 Å². The predicted octanol–water partition coefficient (Wildman–Crippen LogP) is 2.03. The van der Waals surface area contributed by atoms with Gasteiger partial charge in [-0.1, -0.05) is 6.07 Å². The summed E-state index contributed by atoms with van der Waals surface area (Å²) in [4.78, 5) is 33.1. The van der Waals surface area contributed by atoms with Crippen LogP contribution in [0, 0.1) is 17.6 Å². The third-order valence-corrected chi connectivity index (χ3v) is 4.64. The molecule has 1 aromatic carbocycles. The number of rotatable bonds is 6. The van der Waals surface area contributed by atoms with E-state index in [4.69, 9.17) is 5.11 Å². The normalized spacial score (nSPS) is 16.6. The summed E-state index contributed by atoms with van der Waals surface area (Å²) in [7, 11) is 0. The first-order chi connectivity index (χ1) is 13.4. The number of hydrogen-bond acceptors (Lipinski definition) is 5. The lowest BCUT2D eigenvalue weighted by Crippen LogP contribution is -2.41. The summed E-state index contributed by atoms with van der Waals surface area (Å²) in [6.07, 6.45) is 4.32. The molecule has 1 unspecified atom stereocenters. The van der Waals surface area contributed by atoms with Gasteiger partial charge in [0.25, 0.3) is 0 Å². The molecule has 0 saturated carbocycles. The highest BCUT2D eigenvalue weighted by molar-refractivity contribution is 5.85. The lowest BCUT2D eigenvalue weighted by molar-refractivity contribution is -0.120. The number of hydrogen-bond donors (Lipinski definition) is 2. The van der Waals surface area contributed by atoms with Gasteiger partial charge in [0.05, 0.1) is 18.8 Å². The molecule has 0 spiro atoms. The summed E-state index contributed by atoms with van der Waals surface area (Å²) in [5.41, 5.74) is 0.0270. The van der Waals surface area contributed by atoms with Crippen molar-refractivity contribution in [2.75, 3.05) is 24.5 Å². The van der Waals surface area contributed by atoms with E-state index in [1.54, 1.807) is 0 Å². The van der Waals surface area contributed by atoms with E-state index in [2.05, 4.69) is 15.3 Å². The molecule has 1 fully saturated rings. The Balaban J connectivity index is 1.54. The van der Waals surface area contributed by atoms with Crippen LogP contribution in [0.5, 0.6) is 0 Å². The van der Waals surface area contributed by atoms with Crippen LogP contribution in [0.3, 0.4) is 0 Å². The van der Waals surface area contributed by atoms with Gasteiger partial charge in [0.1, 0.15) is 17.5 Å². The second-order valence-corrected chi connectivity index (χ2v) is 6.74. The molecule has 1 aliphatic rings. The van der Waals surface area contributed by atoms with E-state index in [-0.39, 0.29) is 29.5 Å². The zero-order valence-corrected chi connectivity index (χ0v) is 15.1. The number of nitrogens with one attached hydrogen (secondary N) is 1. The molecule has 1 amide bonds. The monoisotopic (exact) mass is 390 g/mol. The SMILES string of the molecule is O=C(Cc1ccc(F)cc1F)NCC1CCCN(c2cncc(C(=O)O)n2)C1. The Labute approximate surface area is 160 Å². The Bertz CT molecular complexity index is 878. The molecule has 1 aromatic heterocycles. The number of carboxylic acid groups (broad SMARTS) is 1. The van der Waals surface area contributed by atoms with Crippen molar-refractivity contribution in [3.63, 3.8) is 0 Å². The Hall–Kier alpha value is -3.10. The van der Waals surface area contributed by atoms with Crippen LogP contribution in [0.2, 0.25) is 0 Å². The second kappa shape index (κ2) is 8.73. The number of carbonyl (C=O) groups excluding carboxylic acids is 1. The van der Waals surface area contributed by atoms with Crippen molar-refractivity contribution in [2.24, 2.45) is 5.92 Å². The highest BCUT2D eigenvalue weighted by Crippen LogP contribution is 2.21. The van der Waals surface area contributed by atoms with Crippen LogP contribution >= 0.6 is 0 Å². The molecular formula is C19H20F2N4O3. The van der Waals surface area contributed by atoms with Crippen LogP contribution in [0.15, 0.2) is 30.6 Å². The number of carbonyl (C=O) groups is 2. The topological polar surface area (TPSA) is 95.4 Å². The number of amides is 1. The van der Waals surface area contributed by atoms with Crippen molar-refractivity contribution < 1.29 is 23.5 Å². The minimum absolute atomic E-state index is 0.116. The maximum absolute atomic E-state index is 13.7. The summed E-state index contributed by atoms with van der Waals surface area (Å²) in [6.45, 7) is 1.73. The molecule has 1 atom stereocenters. The van der Waals surface area contributed by atoms with Gasteiger partial charge < -0.3 is 15.3 Å². The van der Waals surface area contributed by atoms with Gasteiger partial charge in [0, 0.05) is 25.7 Å². The molecule has 0 radical (unpaired) electrons. The fraction of sp³-hybridized carbons (Fsp3) is 0.368. The van der Waals surface area contributed by atoms with Gasteiger partial charge in [0.15, 0.2) is 5.69 Å². The van der Waals surface area contributed by atoms with E-state index >= 15 is 0 Å². The van der Waals surface area contributed by atoms with E-state index < -0.39 is 17.6 Å². The molecule has 3 rings (SSSR count). The standard InChI is InChI=1S/C19H20F2N4O3/c20-14-4-3-13(15(21)7-14)6-18(26)23-8-12-2-1-5-25(11-12)17-10-22-9-16(24-17)19(27)28/h3-4,7,9-10,12H,1-2,5-6,8,11H2,(H,23,26)(H,27,28). The van der Waals surface area contributed by atoms with Gasteiger partial charge in [-0.05, 0) is 30.4 Å². The van der Waals surface area contributed by atoms with Gasteiger partial charge in [-0.2, -0.15) is 0 Å². The molecule has 28 heavy (non-hydrogen) atoms. The van der Waals surface area contributed by atoms with Gasteiger partial charge in [-0.3, -0.25) is 9.78 Å². The van der Waals surface area contributed by atoms with Crippen LogP contribution in [0.1, 0.15) is 28.9 Å². The molecule has 2 N–H and O–H groups in total. The molecule has 148 valence electrons. The zero-order valence-electron chi connectivity index (χ0n) is 15.1. The highest BCUT2D eigenvalue weighted by atomic mass is 19.1. The fourth-order valence-corrected chi connectivity index (χ4v) is 3.21. The van der Waals surface area contributed by atoms with Crippen LogP contribution in [0.25, 0.3) is 0 Å². The largest absolute Gasteiger partial charge is 0.476 e. The highest BCUT2D eigenvalue weighted by Gasteiger charge is 2.22. The fourth-order valence-electron chi connectivity index (χ4n) is 3.21. The van der Waals surface area contributed by atoms with Crippen LogP contribution < -0.4 is 10.2 Å². The first kappa shape index (κ1) is 19.7. The van der Waals surface area contributed by atoms with Crippen molar-refractivity contribution in [2.45, 2.75) is 19.3 Å². The average molecular weight is 390 g/mol. The number of piperidine rings is 1. The summed E-state index contributed by atoms with van der Waals surface area (Å²) < 4.78 is 26.6. The van der Waals surface area contributed by atoms with Crippen molar-refractivity contribution >= 4 is 17.7 Å². The third kappa shape index (κ3) is 4.99. The van der Waals surface area contributed by atoms with E-state index in [0.29, 0.717) is 18.9 Å². The summed E-state index contributed by atoms with van der Waals surface area (Å²) >= 11 is 0. The molecular weight excluding hydrogens is 370 g/mol. The van der Waals surface area contributed by atoms with Crippen molar-refractivity contribution in [1.29, 1.82) is 0 Å². The van der Waals surface area contributed by atoms with Crippen LogP contribution in [-0.2, 0) is 11.2 Å². The quantitative estimate of drug-likeness (QED) is 0.784. The number of halogens is 2. The average Bonchev–Trinajstić information content (AvgIpc) is 2.69. The maximum atomic E-state index is 13.7. The Morgan fingerprint density at radius 1 is 1.29 bits per heavy atom. The number of anilines is 1. The summed E-state index contributed by atoms with van der Waals surface area (Å²) in [5, 5.41) is 11.8.